The van der Waals surface area contributed by atoms with Crippen molar-refractivity contribution in [1.29, 1.82) is 0 Å². The highest BCUT2D eigenvalue weighted by Gasteiger charge is 2.25. The lowest BCUT2D eigenvalue weighted by Crippen LogP contribution is -2.27. The number of para-hydroxylation sites is 1. The zero-order valence-corrected chi connectivity index (χ0v) is 15.6. The van der Waals surface area contributed by atoms with Gasteiger partial charge in [-0.05, 0) is 38.0 Å². The lowest BCUT2D eigenvalue weighted by atomic mass is 10.1. The highest BCUT2D eigenvalue weighted by atomic mass is 16.6. The Balaban J connectivity index is 1.88. The number of carbonyl (C=O) groups excluding carboxylic acids is 3. The molecule has 0 aliphatic heterocycles. The van der Waals surface area contributed by atoms with Crippen molar-refractivity contribution in [3.8, 4) is 0 Å². The molecule has 2 aromatic carbocycles. The molecule has 9 heteroatoms. The number of nitrogens with zero attached hydrogens (tertiary/aromatic N) is 1. The van der Waals surface area contributed by atoms with E-state index in [0.717, 1.165) is 25.0 Å². The highest BCUT2D eigenvalue weighted by molar-refractivity contribution is 6.10. The van der Waals surface area contributed by atoms with Crippen LogP contribution in [0.2, 0.25) is 0 Å². The van der Waals surface area contributed by atoms with Crippen LogP contribution in [-0.2, 0) is 4.74 Å². The van der Waals surface area contributed by atoms with Crippen LogP contribution in [0.3, 0.4) is 0 Å². The van der Waals surface area contributed by atoms with E-state index in [4.69, 9.17) is 4.74 Å². The number of nitro benzene ring substituents is 1. The molecule has 0 unspecified atom stereocenters. The number of nitro groups is 1. The van der Waals surface area contributed by atoms with Crippen LogP contribution in [0, 0.1) is 10.1 Å². The summed E-state index contributed by atoms with van der Waals surface area (Å²) in [5, 5.41) is 16.6. The highest BCUT2D eigenvalue weighted by Crippen LogP contribution is 2.23. The summed E-state index contributed by atoms with van der Waals surface area (Å²) in [5.41, 5.74) is -0.0743. The van der Waals surface area contributed by atoms with Crippen LogP contribution < -0.4 is 10.6 Å². The molecular weight excluding hydrogens is 378 g/mol. The fourth-order valence-electron chi connectivity index (χ4n) is 2.66. The second-order valence-electron chi connectivity index (χ2n) is 6.49. The normalized spacial score (nSPS) is 12.7. The van der Waals surface area contributed by atoms with E-state index in [-0.39, 0.29) is 40.9 Å². The maximum Gasteiger partial charge on any atom is 0.338 e. The van der Waals surface area contributed by atoms with Gasteiger partial charge in [0.25, 0.3) is 17.5 Å². The molecule has 0 atom stereocenters. The first-order valence-corrected chi connectivity index (χ1v) is 9.07. The van der Waals surface area contributed by atoms with E-state index in [1.54, 1.807) is 31.2 Å². The molecule has 1 aliphatic rings. The number of hydrogen-bond acceptors (Lipinski definition) is 6. The summed E-state index contributed by atoms with van der Waals surface area (Å²) in [6.45, 7) is 1.69. The summed E-state index contributed by atoms with van der Waals surface area (Å²) in [6, 6.07) is 9.93. The fraction of sp³-hybridized carbons (Fsp3) is 0.250. The van der Waals surface area contributed by atoms with E-state index in [0.29, 0.717) is 0 Å². The third-order valence-corrected chi connectivity index (χ3v) is 4.23. The van der Waals surface area contributed by atoms with Crippen molar-refractivity contribution in [3.05, 3.63) is 69.3 Å². The molecule has 0 aromatic heterocycles. The number of amides is 2. The van der Waals surface area contributed by atoms with Crippen LogP contribution >= 0.6 is 0 Å². The van der Waals surface area contributed by atoms with Gasteiger partial charge >= 0.3 is 5.97 Å². The minimum Gasteiger partial charge on any atom is -0.462 e. The molecule has 29 heavy (non-hydrogen) atoms. The minimum atomic E-state index is -0.769. The van der Waals surface area contributed by atoms with Crippen molar-refractivity contribution >= 4 is 29.2 Å². The van der Waals surface area contributed by atoms with Gasteiger partial charge in [-0.2, -0.15) is 0 Å². The van der Waals surface area contributed by atoms with Gasteiger partial charge in [0.2, 0.25) is 0 Å². The Hall–Kier alpha value is -3.75. The quantitative estimate of drug-likeness (QED) is 0.420. The number of ether oxygens (including phenoxy) is 1. The Kier molecular flexibility index (Phi) is 5.87. The first kappa shape index (κ1) is 20.0. The van der Waals surface area contributed by atoms with Crippen LogP contribution in [0.1, 0.15) is 50.8 Å². The van der Waals surface area contributed by atoms with Gasteiger partial charge in [-0.3, -0.25) is 19.7 Å². The SMILES string of the molecule is CCOC(=O)c1cc(C(=O)Nc2ccccc2C(=O)NC2CC2)cc([N+](=O)[O-])c1. The number of esters is 1. The van der Waals surface area contributed by atoms with Gasteiger partial charge in [-0.25, -0.2) is 4.79 Å². The molecule has 2 aromatic rings. The van der Waals surface area contributed by atoms with Gasteiger partial charge in [0.05, 0.1) is 28.3 Å². The number of rotatable bonds is 7. The molecule has 0 spiro atoms. The van der Waals surface area contributed by atoms with Crippen molar-refractivity contribution in [1.82, 2.24) is 5.32 Å². The van der Waals surface area contributed by atoms with E-state index >= 15 is 0 Å². The van der Waals surface area contributed by atoms with E-state index < -0.39 is 22.5 Å². The van der Waals surface area contributed by atoms with Crippen LogP contribution in [0.5, 0.6) is 0 Å². The number of hydrogen-bond donors (Lipinski definition) is 2. The predicted molar refractivity (Wildman–Crippen MR) is 104 cm³/mol. The molecule has 0 saturated heterocycles. The van der Waals surface area contributed by atoms with Crippen LogP contribution in [0.25, 0.3) is 0 Å². The number of non-ortho nitro benzene ring substituents is 1. The van der Waals surface area contributed by atoms with E-state index in [2.05, 4.69) is 10.6 Å². The average Bonchev–Trinajstić information content (AvgIpc) is 3.52. The number of nitrogens with one attached hydrogen (secondary N) is 2. The Bertz CT molecular complexity index is 984. The molecular formula is C20H19N3O6. The maximum absolute atomic E-state index is 12.7. The van der Waals surface area contributed by atoms with Crippen molar-refractivity contribution in [3.63, 3.8) is 0 Å². The first-order chi connectivity index (χ1) is 13.9. The lowest BCUT2D eigenvalue weighted by molar-refractivity contribution is -0.384. The van der Waals surface area contributed by atoms with Crippen molar-refractivity contribution < 1.29 is 24.0 Å². The Labute approximate surface area is 166 Å². The molecule has 0 heterocycles. The maximum atomic E-state index is 12.7. The van der Waals surface area contributed by atoms with Gasteiger partial charge in [-0.15, -0.1) is 0 Å². The molecule has 0 radical (unpaired) electrons. The Morgan fingerprint density at radius 2 is 1.79 bits per heavy atom. The summed E-state index contributed by atoms with van der Waals surface area (Å²) in [5.74, 6) is -1.77. The molecule has 2 amide bonds. The van der Waals surface area contributed by atoms with Gasteiger partial charge in [0.1, 0.15) is 0 Å². The monoisotopic (exact) mass is 397 g/mol. The van der Waals surface area contributed by atoms with Gasteiger partial charge in [0, 0.05) is 23.7 Å². The lowest BCUT2D eigenvalue weighted by Gasteiger charge is -2.12. The Morgan fingerprint density at radius 3 is 2.45 bits per heavy atom. The van der Waals surface area contributed by atoms with Crippen LogP contribution in [0.15, 0.2) is 42.5 Å². The molecule has 150 valence electrons. The largest absolute Gasteiger partial charge is 0.462 e. The van der Waals surface area contributed by atoms with Gasteiger partial charge in [-0.1, -0.05) is 12.1 Å². The van der Waals surface area contributed by atoms with Crippen molar-refractivity contribution in [2.75, 3.05) is 11.9 Å². The molecule has 2 N–H and O–H groups in total. The molecule has 9 nitrogen and oxygen atoms in total. The summed E-state index contributed by atoms with van der Waals surface area (Å²) in [4.78, 5) is 47.6. The minimum absolute atomic E-state index is 0.0898. The van der Waals surface area contributed by atoms with Crippen LogP contribution in [-0.4, -0.2) is 35.4 Å². The standard InChI is InChI=1S/C20H19N3O6/c1-2-29-20(26)13-9-12(10-15(11-13)23(27)28)18(24)22-17-6-4-3-5-16(17)19(25)21-14-7-8-14/h3-6,9-11,14H,2,7-8H2,1H3,(H,21,25)(H,22,24). The smallest absolute Gasteiger partial charge is 0.338 e. The third kappa shape index (κ3) is 4.95. The van der Waals surface area contributed by atoms with Crippen LogP contribution in [0.4, 0.5) is 11.4 Å². The summed E-state index contributed by atoms with van der Waals surface area (Å²) in [6.07, 6.45) is 1.84. The Morgan fingerprint density at radius 1 is 1.10 bits per heavy atom. The first-order valence-electron chi connectivity index (χ1n) is 9.07. The van der Waals surface area contributed by atoms with E-state index in [9.17, 15) is 24.5 Å². The number of anilines is 1. The molecule has 1 aliphatic carbocycles. The topological polar surface area (TPSA) is 128 Å². The molecule has 0 bridgehead atoms. The summed E-state index contributed by atoms with van der Waals surface area (Å²) < 4.78 is 4.86. The second kappa shape index (κ2) is 8.51. The summed E-state index contributed by atoms with van der Waals surface area (Å²) >= 11 is 0. The predicted octanol–water partition coefficient (Wildman–Crippen LogP) is 2.92. The zero-order valence-electron chi connectivity index (χ0n) is 15.6. The number of benzene rings is 2. The van der Waals surface area contributed by atoms with E-state index in [1.165, 1.54) is 6.07 Å². The fourth-order valence-corrected chi connectivity index (χ4v) is 2.66. The molecule has 1 saturated carbocycles. The zero-order chi connectivity index (χ0) is 21.0. The molecule has 3 rings (SSSR count). The van der Waals surface area contributed by atoms with Crippen molar-refractivity contribution in [2.45, 2.75) is 25.8 Å². The van der Waals surface area contributed by atoms with Crippen molar-refractivity contribution in [2.24, 2.45) is 0 Å². The molecule has 1 fully saturated rings. The number of carbonyl (C=O) groups is 3. The average molecular weight is 397 g/mol. The van der Waals surface area contributed by atoms with Gasteiger partial charge in [0.15, 0.2) is 0 Å². The summed E-state index contributed by atoms with van der Waals surface area (Å²) in [7, 11) is 0. The second-order valence-corrected chi connectivity index (χ2v) is 6.49. The third-order valence-electron chi connectivity index (χ3n) is 4.23. The van der Waals surface area contributed by atoms with Gasteiger partial charge < -0.3 is 15.4 Å². The van der Waals surface area contributed by atoms with E-state index in [1.807, 2.05) is 0 Å².